The number of rotatable bonds is 4. The molecule has 0 bridgehead atoms. The van der Waals surface area contributed by atoms with E-state index < -0.39 is 6.36 Å². The van der Waals surface area contributed by atoms with Crippen molar-refractivity contribution in [3.63, 3.8) is 0 Å². The fraction of sp³-hybridized carbons (Fsp3) is 0.462. The summed E-state index contributed by atoms with van der Waals surface area (Å²) >= 11 is 0. The summed E-state index contributed by atoms with van der Waals surface area (Å²) in [6.45, 7) is 1.68. The molecule has 1 saturated heterocycles. The predicted octanol–water partition coefficient (Wildman–Crippen LogP) is 1.73. The van der Waals surface area contributed by atoms with Gasteiger partial charge in [-0.1, -0.05) is 12.1 Å². The van der Waals surface area contributed by atoms with Gasteiger partial charge >= 0.3 is 6.36 Å². The Morgan fingerprint density at radius 3 is 2.82 bits per heavy atom. The maximum absolute atomic E-state index is 12.3. The topological polar surface area (TPSA) is 78.1 Å². The number of benzene rings is 1. The monoisotopic (exact) mass is 319 g/mol. The number of para-hydroxylation sites is 2. The van der Waals surface area contributed by atoms with E-state index in [0.29, 0.717) is 19.8 Å². The van der Waals surface area contributed by atoms with Crippen LogP contribution in [0.15, 0.2) is 29.3 Å². The van der Waals surface area contributed by atoms with Crippen molar-refractivity contribution in [3.8, 4) is 5.75 Å². The number of halogens is 3. The summed E-state index contributed by atoms with van der Waals surface area (Å²) in [5, 5.41) is 2.58. The van der Waals surface area contributed by atoms with Gasteiger partial charge in [-0.2, -0.15) is 0 Å². The number of ether oxygens (including phenoxy) is 3. The number of aliphatic imine (C=N–C) groups is 1. The van der Waals surface area contributed by atoms with Crippen LogP contribution in [-0.2, 0) is 9.47 Å². The Labute approximate surface area is 125 Å². The zero-order valence-corrected chi connectivity index (χ0v) is 11.6. The second-order valence-corrected chi connectivity index (χ2v) is 4.46. The molecule has 1 unspecified atom stereocenters. The first-order chi connectivity index (χ1) is 10.4. The van der Waals surface area contributed by atoms with E-state index in [1.807, 2.05) is 0 Å². The van der Waals surface area contributed by atoms with Crippen LogP contribution in [0.25, 0.3) is 0 Å². The second-order valence-electron chi connectivity index (χ2n) is 4.46. The fourth-order valence-electron chi connectivity index (χ4n) is 1.80. The van der Waals surface area contributed by atoms with Crippen LogP contribution in [0.2, 0.25) is 0 Å². The smallest absolute Gasteiger partial charge is 0.404 e. The van der Waals surface area contributed by atoms with Crippen LogP contribution in [0, 0.1) is 0 Å². The number of nitrogens with two attached hydrogens (primary N) is 1. The van der Waals surface area contributed by atoms with Crippen molar-refractivity contribution in [2.45, 2.75) is 12.5 Å². The van der Waals surface area contributed by atoms with Crippen molar-refractivity contribution < 1.29 is 27.4 Å². The van der Waals surface area contributed by atoms with Crippen molar-refractivity contribution in [1.82, 2.24) is 0 Å². The Hall–Kier alpha value is -2.00. The van der Waals surface area contributed by atoms with Crippen molar-refractivity contribution in [2.24, 2.45) is 10.7 Å². The van der Waals surface area contributed by atoms with E-state index in [4.69, 9.17) is 15.2 Å². The zero-order valence-electron chi connectivity index (χ0n) is 11.6. The number of alkyl halides is 3. The predicted molar refractivity (Wildman–Crippen MR) is 73.8 cm³/mol. The van der Waals surface area contributed by atoms with Gasteiger partial charge in [-0.3, -0.25) is 4.99 Å². The quantitative estimate of drug-likeness (QED) is 0.653. The molecule has 1 aromatic rings. The highest BCUT2D eigenvalue weighted by molar-refractivity contribution is 5.93. The van der Waals surface area contributed by atoms with Crippen molar-refractivity contribution >= 4 is 11.6 Å². The van der Waals surface area contributed by atoms with Crippen molar-refractivity contribution in [3.05, 3.63) is 24.3 Å². The summed E-state index contributed by atoms with van der Waals surface area (Å²) in [5.74, 6) is -0.419. The van der Waals surface area contributed by atoms with E-state index in [1.54, 1.807) is 6.07 Å². The van der Waals surface area contributed by atoms with Crippen LogP contribution in [0.4, 0.5) is 18.9 Å². The molecule has 1 fully saturated rings. The van der Waals surface area contributed by atoms with E-state index in [2.05, 4.69) is 15.0 Å². The average molecular weight is 319 g/mol. The molecule has 0 amide bonds. The van der Waals surface area contributed by atoms with E-state index in [1.165, 1.54) is 18.2 Å². The van der Waals surface area contributed by atoms with Gasteiger partial charge in [-0.25, -0.2) is 0 Å². The lowest BCUT2D eigenvalue weighted by Crippen LogP contribution is -2.32. The van der Waals surface area contributed by atoms with Gasteiger partial charge in [0.05, 0.1) is 32.1 Å². The number of anilines is 1. The van der Waals surface area contributed by atoms with Crippen LogP contribution in [0.5, 0.6) is 5.75 Å². The first kappa shape index (κ1) is 16.4. The normalized spacial score (nSPS) is 19.8. The number of hydrogen-bond donors (Lipinski definition) is 2. The third-order valence-corrected chi connectivity index (χ3v) is 2.73. The highest BCUT2D eigenvalue weighted by Crippen LogP contribution is 2.29. The zero-order chi connectivity index (χ0) is 16.0. The molecule has 0 radical (unpaired) electrons. The largest absolute Gasteiger partial charge is 0.573 e. The summed E-state index contributed by atoms with van der Waals surface area (Å²) < 4.78 is 51.4. The molecule has 3 N–H and O–H groups in total. The van der Waals surface area contributed by atoms with Gasteiger partial charge in [-0.05, 0) is 12.1 Å². The molecule has 22 heavy (non-hydrogen) atoms. The Kier molecular flexibility index (Phi) is 5.45. The third-order valence-electron chi connectivity index (χ3n) is 2.73. The van der Waals surface area contributed by atoms with Crippen LogP contribution in [-0.4, -0.2) is 44.8 Å². The molecule has 1 aliphatic rings. The standard InChI is InChI=1S/C13H16F3N3O3/c14-13(15,16)22-11-4-2-1-3-10(11)19-12(17)18-7-9-8-20-5-6-21-9/h1-4,9H,5-8H2,(H3,17,18,19). The molecule has 0 aliphatic carbocycles. The summed E-state index contributed by atoms with van der Waals surface area (Å²) in [5.41, 5.74) is 5.73. The molecule has 122 valence electrons. The Morgan fingerprint density at radius 2 is 2.14 bits per heavy atom. The number of nitrogens with one attached hydrogen (secondary N) is 1. The maximum atomic E-state index is 12.3. The van der Waals surface area contributed by atoms with Crippen LogP contribution >= 0.6 is 0 Å². The van der Waals surface area contributed by atoms with Gasteiger partial charge in [0.2, 0.25) is 0 Å². The number of nitrogens with zero attached hydrogens (tertiary/aromatic N) is 1. The number of hydrogen-bond acceptors (Lipinski definition) is 4. The Morgan fingerprint density at radius 1 is 1.36 bits per heavy atom. The van der Waals surface area contributed by atoms with Gasteiger partial charge < -0.3 is 25.3 Å². The van der Waals surface area contributed by atoms with Gasteiger partial charge in [0.1, 0.15) is 6.10 Å². The maximum Gasteiger partial charge on any atom is 0.573 e. The van der Waals surface area contributed by atoms with Gasteiger partial charge in [0.25, 0.3) is 0 Å². The van der Waals surface area contributed by atoms with E-state index in [0.717, 1.165) is 0 Å². The molecule has 1 atom stereocenters. The van der Waals surface area contributed by atoms with Gasteiger partial charge in [0.15, 0.2) is 11.7 Å². The first-order valence-electron chi connectivity index (χ1n) is 6.55. The van der Waals surface area contributed by atoms with Gasteiger partial charge in [-0.15, -0.1) is 13.2 Å². The third kappa shape index (κ3) is 5.41. The lowest BCUT2D eigenvalue weighted by atomic mass is 10.3. The lowest BCUT2D eigenvalue weighted by Gasteiger charge is -2.21. The van der Waals surface area contributed by atoms with E-state index in [-0.39, 0.29) is 30.0 Å². The molecule has 9 heteroatoms. The molecular weight excluding hydrogens is 303 g/mol. The molecule has 0 saturated carbocycles. The molecule has 0 aromatic heterocycles. The molecule has 0 spiro atoms. The molecule has 1 heterocycles. The van der Waals surface area contributed by atoms with E-state index >= 15 is 0 Å². The average Bonchev–Trinajstić information content (AvgIpc) is 2.47. The highest BCUT2D eigenvalue weighted by Gasteiger charge is 2.32. The summed E-state index contributed by atoms with van der Waals surface area (Å²) in [7, 11) is 0. The summed E-state index contributed by atoms with van der Waals surface area (Å²) in [4.78, 5) is 4.02. The van der Waals surface area contributed by atoms with Crippen LogP contribution in [0.1, 0.15) is 0 Å². The highest BCUT2D eigenvalue weighted by atomic mass is 19.4. The van der Waals surface area contributed by atoms with E-state index in [9.17, 15) is 13.2 Å². The minimum Gasteiger partial charge on any atom is -0.404 e. The van der Waals surface area contributed by atoms with Crippen LogP contribution in [0.3, 0.4) is 0 Å². The molecule has 1 aromatic carbocycles. The minimum absolute atomic E-state index is 0.0348. The van der Waals surface area contributed by atoms with Gasteiger partial charge in [0, 0.05) is 0 Å². The Balaban J connectivity index is 1.97. The molecule has 6 nitrogen and oxygen atoms in total. The Bertz CT molecular complexity index is 517. The lowest BCUT2D eigenvalue weighted by molar-refractivity contribution is -0.274. The SMILES string of the molecule is NC(=NCC1COCCO1)Nc1ccccc1OC(F)(F)F. The molecule has 2 rings (SSSR count). The van der Waals surface area contributed by atoms with Crippen LogP contribution < -0.4 is 15.8 Å². The minimum atomic E-state index is -4.78. The van der Waals surface area contributed by atoms with Crippen molar-refractivity contribution in [1.29, 1.82) is 0 Å². The molecular formula is C13H16F3N3O3. The number of guanidine groups is 1. The second kappa shape index (κ2) is 7.32. The van der Waals surface area contributed by atoms with Crippen molar-refractivity contribution in [2.75, 3.05) is 31.7 Å². The summed E-state index contributed by atoms with van der Waals surface area (Å²) in [6, 6.07) is 5.56. The first-order valence-corrected chi connectivity index (χ1v) is 6.55. The fourth-order valence-corrected chi connectivity index (χ4v) is 1.80. The summed E-state index contributed by atoms with van der Waals surface area (Å²) in [6.07, 6.45) is -4.99. The molecule has 1 aliphatic heterocycles.